The Morgan fingerprint density at radius 1 is 1.42 bits per heavy atom. The zero-order valence-corrected chi connectivity index (χ0v) is 8.54. The number of benzene rings is 1. The molecule has 0 unspecified atom stereocenters. The Labute approximate surface area is 81.2 Å². The van der Waals surface area contributed by atoms with Gasteiger partial charge in [-0.25, -0.2) is 0 Å². The first-order valence-electron chi connectivity index (χ1n) is 3.76. The van der Waals surface area contributed by atoms with E-state index in [1.807, 2.05) is 24.3 Å². The van der Waals surface area contributed by atoms with Crippen molar-refractivity contribution in [3.63, 3.8) is 0 Å². The lowest BCUT2D eigenvalue weighted by Gasteiger charge is -1.98. The number of halogens is 1. The molecule has 0 aliphatic carbocycles. The van der Waals surface area contributed by atoms with E-state index in [2.05, 4.69) is 22.0 Å². The summed E-state index contributed by atoms with van der Waals surface area (Å²) in [6, 6.07) is 8.16. The van der Waals surface area contributed by atoms with Gasteiger partial charge in [0.25, 0.3) is 0 Å². The summed E-state index contributed by atoms with van der Waals surface area (Å²) in [6.07, 6.45) is 4.58. The Morgan fingerprint density at radius 2 is 2.17 bits per heavy atom. The third-order valence-corrected chi connectivity index (χ3v) is 2.30. The predicted octanol–water partition coefficient (Wildman–Crippen LogP) is 3.15. The van der Waals surface area contributed by atoms with E-state index in [9.17, 15) is 0 Å². The van der Waals surface area contributed by atoms with Crippen LogP contribution < -0.4 is 0 Å². The Balaban J connectivity index is 2.63. The van der Waals surface area contributed by atoms with Crippen LogP contribution in [0.3, 0.4) is 0 Å². The summed E-state index contributed by atoms with van der Waals surface area (Å²) in [5.41, 5.74) is 1.27. The summed E-state index contributed by atoms with van der Waals surface area (Å²) >= 11 is 3.47. The minimum atomic E-state index is 0.898. The number of hydrogen-bond donors (Lipinski definition) is 0. The molecule has 2 heteroatoms. The van der Waals surface area contributed by atoms with Crippen LogP contribution in [0.15, 0.2) is 41.1 Å². The molecule has 0 aromatic heterocycles. The first-order valence-corrected chi connectivity index (χ1v) is 4.55. The van der Waals surface area contributed by atoms with Crippen molar-refractivity contribution in [3.05, 3.63) is 46.6 Å². The fraction of sp³-hybridized carbons (Fsp3) is 0.200. The topological polar surface area (TPSA) is 9.23 Å². The zero-order chi connectivity index (χ0) is 8.81. The lowest BCUT2D eigenvalue weighted by atomic mass is 10.1. The van der Waals surface area contributed by atoms with Crippen LogP contribution in [0.5, 0.6) is 0 Å². The summed E-state index contributed by atoms with van der Waals surface area (Å²) in [5.74, 6) is 0. The van der Waals surface area contributed by atoms with Gasteiger partial charge in [-0.05, 0) is 24.1 Å². The lowest BCUT2D eigenvalue weighted by molar-refractivity contribution is 0.337. The second kappa shape index (κ2) is 4.99. The quantitative estimate of drug-likeness (QED) is 0.720. The van der Waals surface area contributed by atoms with Gasteiger partial charge in [0.2, 0.25) is 0 Å². The average molecular weight is 227 g/mol. The van der Waals surface area contributed by atoms with E-state index in [1.165, 1.54) is 5.56 Å². The van der Waals surface area contributed by atoms with Gasteiger partial charge < -0.3 is 4.74 Å². The normalized spacial score (nSPS) is 10.5. The molecule has 1 rings (SSSR count). The molecule has 1 aromatic carbocycles. The Hall–Kier alpha value is -0.760. The Bertz CT molecular complexity index is 268. The van der Waals surface area contributed by atoms with Gasteiger partial charge in [-0.15, -0.1) is 0 Å². The van der Waals surface area contributed by atoms with Gasteiger partial charge >= 0.3 is 0 Å². The predicted molar refractivity (Wildman–Crippen MR) is 54.0 cm³/mol. The van der Waals surface area contributed by atoms with Gasteiger partial charge in [0.1, 0.15) is 0 Å². The molecule has 0 amide bonds. The summed E-state index contributed by atoms with van der Waals surface area (Å²) in [6.45, 7) is 0. The highest BCUT2D eigenvalue weighted by Crippen LogP contribution is 2.16. The highest BCUT2D eigenvalue weighted by atomic mass is 79.9. The molecule has 0 N–H and O–H groups in total. The number of rotatable bonds is 3. The largest absolute Gasteiger partial charge is 0.505 e. The number of hydrogen-bond acceptors (Lipinski definition) is 1. The second-order valence-corrected chi connectivity index (χ2v) is 3.26. The number of ether oxygens (including phenoxy) is 1. The van der Waals surface area contributed by atoms with Crippen molar-refractivity contribution in [1.82, 2.24) is 0 Å². The van der Waals surface area contributed by atoms with Crippen LogP contribution in [-0.4, -0.2) is 7.11 Å². The van der Waals surface area contributed by atoms with Crippen LogP contribution >= 0.6 is 15.9 Å². The van der Waals surface area contributed by atoms with Crippen LogP contribution in [0.2, 0.25) is 0 Å². The van der Waals surface area contributed by atoms with Gasteiger partial charge in [0, 0.05) is 4.47 Å². The monoisotopic (exact) mass is 226 g/mol. The van der Waals surface area contributed by atoms with Crippen LogP contribution in [0.4, 0.5) is 0 Å². The highest BCUT2D eigenvalue weighted by Gasteiger charge is 1.93. The number of methoxy groups -OCH3 is 1. The summed E-state index contributed by atoms with van der Waals surface area (Å²) < 4.78 is 5.95. The van der Waals surface area contributed by atoms with E-state index in [4.69, 9.17) is 4.74 Å². The van der Waals surface area contributed by atoms with Crippen molar-refractivity contribution in [2.24, 2.45) is 0 Å². The maximum Gasteiger partial charge on any atom is 0.0788 e. The van der Waals surface area contributed by atoms with E-state index in [0.29, 0.717) is 0 Å². The minimum absolute atomic E-state index is 0.898. The fourth-order valence-corrected chi connectivity index (χ4v) is 1.38. The molecule has 0 bridgehead atoms. The maximum atomic E-state index is 4.81. The van der Waals surface area contributed by atoms with Crippen molar-refractivity contribution in [1.29, 1.82) is 0 Å². The second-order valence-electron chi connectivity index (χ2n) is 2.40. The molecule has 1 nitrogen and oxygen atoms in total. The molecule has 0 aliphatic rings. The van der Waals surface area contributed by atoms with Gasteiger partial charge in [-0.2, -0.15) is 0 Å². The molecular weight excluding hydrogens is 216 g/mol. The summed E-state index contributed by atoms with van der Waals surface area (Å²) in [5, 5.41) is 0. The van der Waals surface area contributed by atoms with Gasteiger partial charge in [0.05, 0.1) is 13.4 Å². The van der Waals surface area contributed by atoms with Crippen molar-refractivity contribution in [2.45, 2.75) is 6.42 Å². The summed E-state index contributed by atoms with van der Waals surface area (Å²) in [4.78, 5) is 0. The van der Waals surface area contributed by atoms with E-state index >= 15 is 0 Å². The van der Waals surface area contributed by atoms with Crippen molar-refractivity contribution < 1.29 is 4.74 Å². The molecule has 64 valence electrons. The third-order valence-electron chi connectivity index (χ3n) is 1.53. The fourth-order valence-electron chi connectivity index (χ4n) is 0.935. The average Bonchev–Trinajstić information content (AvgIpc) is 2.09. The molecule has 0 spiro atoms. The van der Waals surface area contributed by atoms with E-state index in [0.717, 1.165) is 10.9 Å². The molecule has 12 heavy (non-hydrogen) atoms. The molecule has 0 saturated carbocycles. The van der Waals surface area contributed by atoms with Gasteiger partial charge in [-0.3, -0.25) is 0 Å². The van der Waals surface area contributed by atoms with E-state index in [-0.39, 0.29) is 0 Å². The van der Waals surface area contributed by atoms with Crippen LogP contribution in [0.1, 0.15) is 5.56 Å². The van der Waals surface area contributed by atoms with Gasteiger partial charge in [-0.1, -0.05) is 34.1 Å². The molecule has 0 atom stereocenters. The Morgan fingerprint density at radius 3 is 2.83 bits per heavy atom. The Kier molecular flexibility index (Phi) is 3.88. The SMILES string of the molecule is COC=CCc1ccccc1Br. The maximum absolute atomic E-state index is 4.81. The molecule has 0 saturated heterocycles. The smallest absolute Gasteiger partial charge is 0.0788 e. The number of allylic oxidation sites excluding steroid dienone is 1. The standard InChI is InChI=1S/C10H11BrO/c1-12-8-4-6-9-5-2-3-7-10(9)11/h2-5,7-8H,6H2,1H3. The molecule has 0 aliphatic heterocycles. The molecule has 0 fully saturated rings. The van der Waals surface area contributed by atoms with Crippen LogP contribution in [0, 0.1) is 0 Å². The molecule has 1 aromatic rings. The first kappa shape index (κ1) is 9.33. The summed E-state index contributed by atoms with van der Waals surface area (Å²) in [7, 11) is 1.65. The zero-order valence-electron chi connectivity index (χ0n) is 6.96. The highest BCUT2D eigenvalue weighted by molar-refractivity contribution is 9.10. The van der Waals surface area contributed by atoms with E-state index < -0.39 is 0 Å². The van der Waals surface area contributed by atoms with Crippen molar-refractivity contribution in [3.8, 4) is 0 Å². The third kappa shape index (κ3) is 2.70. The van der Waals surface area contributed by atoms with Crippen molar-refractivity contribution in [2.75, 3.05) is 7.11 Å². The molecule has 0 radical (unpaired) electrons. The molecular formula is C10H11BrO. The van der Waals surface area contributed by atoms with Gasteiger partial charge in [0.15, 0.2) is 0 Å². The van der Waals surface area contributed by atoms with E-state index in [1.54, 1.807) is 13.4 Å². The minimum Gasteiger partial charge on any atom is -0.505 e. The lowest BCUT2D eigenvalue weighted by Crippen LogP contribution is -1.82. The van der Waals surface area contributed by atoms with Crippen LogP contribution in [-0.2, 0) is 11.2 Å². The van der Waals surface area contributed by atoms with Crippen LogP contribution in [0.25, 0.3) is 0 Å². The van der Waals surface area contributed by atoms with Crippen molar-refractivity contribution >= 4 is 15.9 Å². The first-order chi connectivity index (χ1) is 5.84. The molecule has 0 heterocycles.